The van der Waals surface area contributed by atoms with Gasteiger partial charge >= 0.3 is 17.9 Å². The van der Waals surface area contributed by atoms with E-state index < -0.39 is 6.10 Å². The van der Waals surface area contributed by atoms with Gasteiger partial charge in [0.15, 0.2) is 6.10 Å². The molecule has 6 heteroatoms. The Labute approximate surface area is 453 Å². The van der Waals surface area contributed by atoms with Gasteiger partial charge in [0.1, 0.15) is 13.2 Å². The molecule has 0 bridgehead atoms. The minimum absolute atomic E-state index is 0.0822. The zero-order chi connectivity index (χ0) is 52.9. The average molecular weight is 1020 g/mol. The number of esters is 3. The van der Waals surface area contributed by atoms with Gasteiger partial charge in [-0.2, -0.15) is 0 Å². The number of allylic oxidation sites excluding steroid dienone is 12. The maximum Gasteiger partial charge on any atom is 0.306 e. The summed E-state index contributed by atoms with van der Waals surface area (Å²) < 4.78 is 16.9. The number of unbranched alkanes of at least 4 members (excludes halogenated alkanes) is 34. The molecule has 6 nitrogen and oxygen atoms in total. The number of hydrogen-bond acceptors (Lipinski definition) is 6. The van der Waals surface area contributed by atoms with Crippen molar-refractivity contribution in [3.63, 3.8) is 0 Å². The standard InChI is InChI=1S/C67H118O6/c1-4-7-10-13-16-19-22-25-28-31-33-36-39-42-45-48-51-54-57-60-66(69)72-63-64(62-71-65(68)59-56-53-50-47-44-41-38-35-30-27-24-21-18-15-12-9-6-3)73-67(70)61-58-55-52-49-46-43-40-37-34-32-29-26-23-20-17-14-11-8-5-2/h9,12,17-18,20-21,26-27,29-30,38,41,64H,4-8,10-11,13-16,19,22-25,28,31-37,39-40,42-63H2,1-3H3/b12-9-,20-17-,21-18-,29-26-,30-27-,41-38-/t64-/m1/s1. The Morgan fingerprint density at radius 1 is 0.288 bits per heavy atom. The fourth-order valence-electron chi connectivity index (χ4n) is 9.00. The van der Waals surface area contributed by atoms with Gasteiger partial charge in [-0.05, 0) is 89.9 Å². The second-order valence-electron chi connectivity index (χ2n) is 20.9. The summed E-state index contributed by atoms with van der Waals surface area (Å²) in [4.78, 5) is 38.3. The first-order valence-corrected chi connectivity index (χ1v) is 31.4. The van der Waals surface area contributed by atoms with Gasteiger partial charge in [0, 0.05) is 19.3 Å². The lowest BCUT2D eigenvalue weighted by Gasteiger charge is -2.18. The molecule has 0 fully saturated rings. The smallest absolute Gasteiger partial charge is 0.306 e. The van der Waals surface area contributed by atoms with Crippen molar-refractivity contribution < 1.29 is 28.6 Å². The fourth-order valence-corrected chi connectivity index (χ4v) is 9.00. The number of carbonyl (C=O) groups excluding carboxylic acids is 3. The molecule has 0 aliphatic rings. The van der Waals surface area contributed by atoms with Crippen molar-refractivity contribution in [2.75, 3.05) is 13.2 Å². The summed E-state index contributed by atoms with van der Waals surface area (Å²) in [5.74, 6) is -0.896. The predicted molar refractivity (Wildman–Crippen MR) is 316 cm³/mol. The third-order valence-corrected chi connectivity index (χ3v) is 13.7. The van der Waals surface area contributed by atoms with E-state index in [1.54, 1.807) is 0 Å². The van der Waals surface area contributed by atoms with Crippen molar-refractivity contribution in [2.45, 2.75) is 322 Å². The van der Waals surface area contributed by atoms with E-state index in [0.717, 1.165) is 103 Å². The first kappa shape index (κ1) is 69.8. The number of hydrogen-bond donors (Lipinski definition) is 0. The topological polar surface area (TPSA) is 78.9 Å². The summed E-state index contributed by atoms with van der Waals surface area (Å²) in [6, 6.07) is 0. The summed E-state index contributed by atoms with van der Waals surface area (Å²) >= 11 is 0. The summed E-state index contributed by atoms with van der Waals surface area (Å²) in [6.07, 6.45) is 79.0. The Morgan fingerprint density at radius 3 is 0.863 bits per heavy atom. The van der Waals surface area contributed by atoms with Crippen LogP contribution in [-0.2, 0) is 28.6 Å². The molecule has 0 saturated carbocycles. The van der Waals surface area contributed by atoms with Crippen molar-refractivity contribution in [1.29, 1.82) is 0 Å². The molecule has 1 atom stereocenters. The van der Waals surface area contributed by atoms with Crippen LogP contribution in [0.5, 0.6) is 0 Å². The van der Waals surface area contributed by atoms with Crippen LogP contribution in [-0.4, -0.2) is 37.2 Å². The molecule has 0 aliphatic carbocycles. The molecule has 73 heavy (non-hydrogen) atoms. The molecule has 0 aliphatic heterocycles. The molecule has 0 saturated heterocycles. The van der Waals surface area contributed by atoms with Crippen molar-refractivity contribution in [3.05, 3.63) is 72.9 Å². The van der Waals surface area contributed by atoms with Crippen LogP contribution in [0.15, 0.2) is 72.9 Å². The Morgan fingerprint density at radius 2 is 0.534 bits per heavy atom. The van der Waals surface area contributed by atoms with Crippen LogP contribution in [0.4, 0.5) is 0 Å². The lowest BCUT2D eigenvalue weighted by Crippen LogP contribution is -2.30. The predicted octanol–water partition coefficient (Wildman–Crippen LogP) is 21.3. The minimum Gasteiger partial charge on any atom is -0.462 e. The van der Waals surface area contributed by atoms with Crippen molar-refractivity contribution in [3.8, 4) is 0 Å². The average Bonchev–Trinajstić information content (AvgIpc) is 3.39. The van der Waals surface area contributed by atoms with Crippen LogP contribution in [0.25, 0.3) is 0 Å². The summed E-state index contributed by atoms with van der Waals surface area (Å²) in [6.45, 7) is 6.52. The number of rotatable bonds is 57. The van der Waals surface area contributed by atoms with Gasteiger partial charge in [0.05, 0.1) is 0 Å². The second-order valence-corrected chi connectivity index (χ2v) is 20.9. The molecule has 0 aromatic rings. The van der Waals surface area contributed by atoms with E-state index in [0.29, 0.717) is 19.3 Å². The molecule has 0 N–H and O–H groups in total. The third kappa shape index (κ3) is 59.6. The van der Waals surface area contributed by atoms with E-state index in [-0.39, 0.29) is 31.1 Å². The molecule has 0 amide bonds. The van der Waals surface area contributed by atoms with Gasteiger partial charge in [0.25, 0.3) is 0 Å². The Kier molecular flexibility index (Phi) is 58.7. The van der Waals surface area contributed by atoms with Gasteiger partial charge < -0.3 is 14.2 Å². The minimum atomic E-state index is -0.788. The Balaban J connectivity index is 4.39. The highest BCUT2D eigenvalue weighted by molar-refractivity contribution is 5.71. The van der Waals surface area contributed by atoms with Gasteiger partial charge in [-0.15, -0.1) is 0 Å². The fraction of sp³-hybridized carbons (Fsp3) is 0.776. The lowest BCUT2D eigenvalue weighted by molar-refractivity contribution is -0.167. The van der Waals surface area contributed by atoms with Crippen molar-refractivity contribution in [1.82, 2.24) is 0 Å². The molecule has 0 unspecified atom stereocenters. The van der Waals surface area contributed by atoms with E-state index in [9.17, 15) is 14.4 Å². The Hall–Kier alpha value is -3.15. The normalized spacial score (nSPS) is 12.5. The quantitative estimate of drug-likeness (QED) is 0.0261. The molecule has 422 valence electrons. The Bertz CT molecular complexity index is 1360. The van der Waals surface area contributed by atoms with Crippen LogP contribution < -0.4 is 0 Å². The summed E-state index contributed by atoms with van der Waals surface area (Å²) in [7, 11) is 0. The lowest BCUT2D eigenvalue weighted by atomic mass is 10.0. The molecular formula is C67H118O6. The second kappa shape index (κ2) is 61.4. The van der Waals surface area contributed by atoms with Crippen LogP contribution in [0.3, 0.4) is 0 Å². The molecule has 0 aromatic carbocycles. The molecule has 0 heterocycles. The molecule has 0 aromatic heterocycles. The third-order valence-electron chi connectivity index (χ3n) is 13.7. The zero-order valence-corrected chi connectivity index (χ0v) is 48.4. The van der Waals surface area contributed by atoms with Crippen LogP contribution in [0.1, 0.15) is 316 Å². The number of ether oxygens (including phenoxy) is 3. The molecule has 0 rings (SSSR count). The SMILES string of the molecule is CC/C=C\C/C=C\C/C=C\C/C=C\CCCCCCC(=O)OC[C@H](COC(=O)CCCCCCCCCCCCCCCCCCCCC)OC(=O)CCCCCCCCCCC/C=C\C/C=C\CCCCC. The van der Waals surface area contributed by atoms with E-state index in [1.807, 2.05) is 0 Å². The maximum absolute atomic E-state index is 12.9. The van der Waals surface area contributed by atoms with Gasteiger partial charge in [-0.25, -0.2) is 0 Å². The number of carbonyl (C=O) groups is 3. The van der Waals surface area contributed by atoms with Gasteiger partial charge in [-0.3, -0.25) is 14.4 Å². The summed E-state index contributed by atoms with van der Waals surface area (Å²) in [5, 5.41) is 0. The van der Waals surface area contributed by atoms with E-state index in [4.69, 9.17) is 14.2 Å². The first-order valence-electron chi connectivity index (χ1n) is 31.4. The first-order chi connectivity index (χ1) is 36.0. The monoisotopic (exact) mass is 1020 g/mol. The highest BCUT2D eigenvalue weighted by Gasteiger charge is 2.19. The molecule has 0 radical (unpaired) electrons. The van der Waals surface area contributed by atoms with E-state index in [2.05, 4.69) is 93.7 Å². The highest BCUT2D eigenvalue weighted by Crippen LogP contribution is 2.17. The van der Waals surface area contributed by atoms with Gasteiger partial charge in [0.2, 0.25) is 0 Å². The largest absolute Gasteiger partial charge is 0.462 e. The van der Waals surface area contributed by atoms with Crippen LogP contribution in [0, 0.1) is 0 Å². The van der Waals surface area contributed by atoms with Crippen molar-refractivity contribution in [2.24, 2.45) is 0 Å². The van der Waals surface area contributed by atoms with Gasteiger partial charge in [-0.1, -0.05) is 280 Å². The van der Waals surface area contributed by atoms with E-state index >= 15 is 0 Å². The highest BCUT2D eigenvalue weighted by atomic mass is 16.6. The van der Waals surface area contributed by atoms with Crippen molar-refractivity contribution >= 4 is 17.9 Å². The zero-order valence-electron chi connectivity index (χ0n) is 48.4. The maximum atomic E-state index is 12.9. The molecule has 0 spiro atoms. The van der Waals surface area contributed by atoms with Crippen LogP contribution in [0.2, 0.25) is 0 Å². The summed E-state index contributed by atoms with van der Waals surface area (Å²) in [5.41, 5.74) is 0. The molecular weight excluding hydrogens is 901 g/mol. The van der Waals surface area contributed by atoms with Crippen LogP contribution >= 0.6 is 0 Å². The van der Waals surface area contributed by atoms with E-state index in [1.165, 1.54) is 173 Å².